The smallest absolute Gasteiger partial charge is 0.232 e. The van der Waals surface area contributed by atoms with Crippen molar-refractivity contribution in [3.63, 3.8) is 0 Å². The lowest BCUT2D eigenvalue weighted by Crippen LogP contribution is -2.45. The van der Waals surface area contributed by atoms with Crippen LogP contribution in [0.1, 0.15) is 46.4 Å². The Labute approximate surface area is 241 Å². The van der Waals surface area contributed by atoms with Gasteiger partial charge in [0.15, 0.2) is 5.78 Å². The van der Waals surface area contributed by atoms with Crippen molar-refractivity contribution in [2.45, 2.75) is 26.2 Å². The van der Waals surface area contributed by atoms with Gasteiger partial charge in [-0.15, -0.1) is 0 Å². The summed E-state index contributed by atoms with van der Waals surface area (Å²) in [7, 11) is 1.55. The average molecular weight is 566 g/mol. The summed E-state index contributed by atoms with van der Waals surface area (Å²) in [5.41, 5.74) is 3.72. The molecule has 0 unspecified atom stereocenters. The highest BCUT2D eigenvalue weighted by atomic mass is 32.1. The number of Topliss-reactive ketones (excluding diaryl/α,β-unsaturated/α-hetero) is 1. The number of ether oxygens (including phenoxy) is 1. The van der Waals surface area contributed by atoms with Gasteiger partial charge in [-0.3, -0.25) is 14.5 Å². The number of amides is 1. The minimum absolute atomic E-state index is 0. The number of halogens is 1. The van der Waals surface area contributed by atoms with Gasteiger partial charge in [0.1, 0.15) is 17.4 Å². The van der Waals surface area contributed by atoms with Crippen LogP contribution in [-0.2, 0) is 4.79 Å². The van der Waals surface area contributed by atoms with Crippen molar-refractivity contribution < 1.29 is 18.7 Å². The fourth-order valence-electron chi connectivity index (χ4n) is 5.24. The van der Waals surface area contributed by atoms with Crippen LogP contribution >= 0.6 is 27.0 Å². The third-order valence-electron chi connectivity index (χ3n) is 6.98. The number of hydrogen-bond acceptors (Lipinski definition) is 4. The standard InChI is InChI=1S/C30H28FN3O3.2H2S/c1-4-33-29-27(19(2)32-34(29)23-10-6-5-7-11-23)28(20-13-15-22(31)16-14-20)25(30(33)36)18-26(35)21-9-8-12-24(17-21)37-3;;/h5-17,25,28H,4,18H2,1-3H3;2*1H2/t25-,28+;;/m0../s1. The highest BCUT2D eigenvalue weighted by Gasteiger charge is 2.45. The van der Waals surface area contributed by atoms with Crippen molar-refractivity contribution >= 4 is 44.5 Å². The van der Waals surface area contributed by atoms with Gasteiger partial charge in [-0.05, 0) is 55.8 Å². The Balaban J connectivity index is 0.00000210. The van der Waals surface area contributed by atoms with Crippen LogP contribution in [0, 0.1) is 18.7 Å². The van der Waals surface area contributed by atoms with Gasteiger partial charge in [-0.2, -0.15) is 32.1 Å². The van der Waals surface area contributed by atoms with Crippen molar-refractivity contribution in [1.82, 2.24) is 9.78 Å². The van der Waals surface area contributed by atoms with E-state index in [1.807, 2.05) is 44.2 Å². The summed E-state index contributed by atoms with van der Waals surface area (Å²) in [6.07, 6.45) is -0.0000585. The molecule has 0 saturated carbocycles. The lowest BCUT2D eigenvalue weighted by molar-refractivity contribution is -0.123. The molecule has 0 fully saturated rings. The Morgan fingerprint density at radius 2 is 1.69 bits per heavy atom. The molecule has 0 bridgehead atoms. The van der Waals surface area contributed by atoms with E-state index < -0.39 is 11.8 Å². The second-order valence-corrected chi connectivity index (χ2v) is 9.15. The van der Waals surface area contributed by atoms with Gasteiger partial charge >= 0.3 is 0 Å². The zero-order valence-corrected chi connectivity index (χ0v) is 24.0. The van der Waals surface area contributed by atoms with Gasteiger partial charge in [-0.25, -0.2) is 9.07 Å². The van der Waals surface area contributed by atoms with Crippen LogP contribution < -0.4 is 9.64 Å². The van der Waals surface area contributed by atoms with E-state index in [2.05, 4.69) is 0 Å². The molecule has 6 nitrogen and oxygen atoms in total. The molecule has 2 heterocycles. The summed E-state index contributed by atoms with van der Waals surface area (Å²) in [5, 5.41) is 4.83. The van der Waals surface area contributed by atoms with E-state index in [-0.39, 0.29) is 50.9 Å². The number of rotatable bonds is 7. The minimum Gasteiger partial charge on any atom is -0.497 e. The molecule has 0 spiro atoms. The SMILES string of the molecule is CCN1C(=O)[C@@H](CC(=O)c2cccc(OC)c2)[C@@H](c2ccc(F)cc2)c2c(C)nn(-c3ccccc3)c21.S.S. The maximum absolute atomic E-state index is 14.1. The number of para-hydroxylation sites is 1. The summed E-state index contributed by atoms with van der Waals surface area (Å²) in [6, 6.07) is 22.8. The number of benzene rings is 3. The van der Waals surface area contributed by atoms with Crippen molar-refractivity contribution in [2.75, 3.05) is 18.6 Å². The van der Waals surface area contributed by atoms with Crippen LogP contribution in [0.15, 0.2) is 78.9 Å². The summed E-state index contributed by atoms with van der Waals surface area (Å²) < 4.78 is 21.0. The van der Waals surface area contributed by atoms with E-state index in [1.165, 1.54) is 12.1 Å². The molecule has 1 aliphatic rings. The molecular formula is C30H32FN3O3S2. The first kappa shape index (κ1) is 30.0. The normalized spacial score (nSPS) is 16.1. The molecular weight excluding hydrogens is 533 g/mol. The summed E-state index contributed by atoms with van der Waals surface area (Å²) in [4.78, 5) is 29.3. The van der Waals surface area contributed by atoms with Crippen LogP contribution in [0.2, 0.25) is 0 Å². The number of fused-ring (bicyclic) bond motifs is 1. The van der Waals surface area contributed by atoms with Crippen LogP contribution in [0.25, 0.3) is 5.69 Å². The van der Waals surface area contributed by atoms with Gasteiger partial charge in [-0.1, -0.05) is 42.5 Å². The predicted octanol–water partition coefficient (Wildman–Crippen LogP) is 5.94. The Kier molecular flexibility index (Phi) is 9.63. The van der Waals surface area contributed by atoms with Crippen molar-refractivity contribution in [3.8, 4) is 11.4 Å². The number of methoxy groups -OCH3 is 1. The number of anilines is 1. The molecule has 0 N–H and O–H groups in total. The van der Waals surface area contributed by atoms with E-state index in [0.29, 0.717) is 23.7 Å². The Morgan fingerprint density at radius 3 is 2.33 bits per heavy atom. The predicted molar refractivity (Wildman–Crippen MR) is 161 cm³/mol. The van der Waals surface area contributed by atoms with Crippen molar-refractivity contribution in [2.24, 2.45) is 5.92 Å². The van der Waals surface area contributed by atoms with Gasteiger partial charge in [0, 0.05) is 30.0 Å². The van der Waals surface area contributed by atoms with Gasteiger partial charge in [0.05, 0.1) is 24.4 Å². The second kappa shape index (κ2) is 12.5. The van der Waals surface area contributed by atoms with E-state index in [9.17, 15) is 14.0 Å². The average Bonchev–Trinajstić information content (AvgIpc) is 3.26. The number of hydrogen-bond donors (Lipinski definition) is 0. The maximum atomic E-state index is 14.1. The minimum atomic E-state index is -0.677. The Hall–Kier alpha value is -3.56. The third-order valence-corrected chi connectivity index (χ3v) is 6.98. The van der Waals surface area contributed by atoms with Crippen LogP contribution in [-0.4, -0.2) is 35.1 Å². The first-order valence-electron chi connectivity index (χ1n) is 12.3. The van der Waals surface area contributed by atoms with E-state index in [4.69, 9.17) is 9.84 Å². The lowest BCUT2D eigenvalue weighted by atomic mass is 9.74. The molecule has 4 aromatic rings. The topological polar surface area (TPSA) is 64.4 Å². The van der Waals surface area contributed by atoms with Gasteiger partial charge in [0.2, 0.25) is 5.91 Å². The number of ketones is 1. The highest BCUT2D eigenvalue weighted by molar-refractivity contribution is 7.59. The van der Waals surface area contributed by atoms with Gasteiger partial charge < -0.3 is 4.74 Å². The molecule has 0 radical (unpaired) electrons. The molecule has 1 aromatic heterocycles. The molecule has 0 aliphatic carbocycles. The molecule has 9 heteroatoms. The molecule has 3 aromatic carbocycles. The van der Waals surface area contributed by atoms with Crippen molar-refractivity contribution in [1.29, 1.82) is 0 Å². The zero-order chi connectivity index (χ0) is 26.1. The summed E-state index contributed by atoms with van der Waals surface area (Å²) in [5.74, 6) is -0.540. The van der Waals surface area contributed by atoms with E-state index in [0.717, 1.165) is 22.5 Å². The molecule has 1 aliphatic heterocycles. The second-order valence-electron chi connectivity index (χ2n) is 9.15. The van der Waals surface area contributed by atoms with Crippen LogP contribution in [0.5, 0.6) is 5.75 Å². The molecule has 39 heavy (non-hydrogen) atoms. The fraction of sp³-hybridized carbons (Fsp3) is 0.233. The molecule has 0 saturated heterocycles. The summed E-state index contributed by atoms with van der Waals surface area (Å²) in [6.45, 7) is 4.25. The molecule has 2 atom stereocenters. The van der Waals surface area contributed by atoms with Gasteiger partial charge in [0.25, 0.3) is 0 Å². The zero-order valence-electron chi connectivity index (χ0n) is 22.0. The molecule has 5 rings (SSSR count). The van der Waals surface area contributed by atoms with E-state index >= 15 is 0 Å². The van der Waals surface area contributed by atoms with Crippen LogP contribution in [0.3, 0.4) is 0 Å². The Bertz CT molecular complexity index is 1460. The van der Waals surface area contributed by atoms with Crippen LogP contribution in [0.4, 0.5) is 10.2 Å². The quantitative estimate of drug-likeness (QED) is 0.260. The number of nitrogens with zero attached hydrogens (tertiary/aromatic N) is 3. The molecule has 1 amide bonds. The number of aromatic nitrogens is 2. The number of carbonyl (C=O) groups excluding carboxylic acids is 2. The highest BCUT2D eigenvalue weighted by Crippen LogP contribution is 2.47. The first-order chi connectivity index (χ1) is 17.9. The Morgan fingerprint density at radius 1 is 1.00 bits per heavy atom. The number of aryl methyl sites for hydroxylation is 1. The number of carbonyl (C=O) groups is 2. The monoisotopic (exact) mass is 565 g/mol. The molecule has 204 valence electrons. The fourth-order valence-corrected chi connectivity index (χ4v) is 5.24. The maximum Gasteiger partial charge on any atom is 0.232 e. The van der Waals surface area contributed by atoms with Crippen molar-refractivity contribution in [3.05, 3.63) is 107 Å². The lowest BCUT2D eigenvalue weighted by Gasteiger charge is -2.38. The third kappa shape index (κ3) is 5.60. The summed E-state index contributed by atoms with van der Waals surface area (Å²) >= 11 is 0. The first-order valence-corrected chi connectivity index (χ1v) is 12.3. The van der Waals surface area contributed by atoms with E-state index in [1.54, 1.807) is 53.1 Å². The largest absolute Gasteiger partial charge is 0.497 e.